The molecule has 0 aromatic rings. The number of guanidine groups is 1. The van der Waals surface area contributed by atoms with Crippen LogP contribution in [0, 0.1) is 0 Å². The zero-order chi connectivity index (χ0) is 17.0. The summed E-state index contributed by atoms with van der Waals surface area (Å²) in [6.07, 6.45) is 9.13. The first-order valence-electron chi connectivity index (χ1n) is 9.80. The number of ether oxygens (including phenoxy) is 1. The molecule has 1 aliphatic heterocycles. The number of hydrogen-bond donors (Lipinski definition) is 2. The van der Waals surface area contributed by atoms with Gasteiger partial charge in [0.05, 0.1) is 13.2 Å². The summed E-state index contributed by atoms with van der Waals surface area (Å²) < 4.78 is 5.35. The molecule has 7 heteroatoms. The largest absolute Gasteiger partial charge is 0.379 e. The molecular weight excluding hydrogens is 429 g/mol. The molecular formula is C18H38IN5O. The SMILES string of the molecule is CN(CCCN=C(N)NCCCN1CCOCC1)C1CCCCC1.I. The van der Waals surface area contributed by atoms with Crippen LogP contribution in [0.15, 0.2) is 4.99 Å². The maximum atomic E-state index is 5.94. The molecule has 1 saturated carbocycles. The first-order valence-corrected chi connectivity index (χ1v) is 9.80. The zero-order valence-corrected chi connectivity index (χ0v) is 18.2. The van der Waals surface area contributed by atoms with Crippen molar-refractivity contribution >= 4 is 29.9 Å². The molecule has 0 bridgehead atoms. The van der Waals surface area contributed by atoms with Crippen LogP contribution in [-0.4, -0.2) is 81.3 Å². The predicted molar refractivity (Wildman–Crippen MR) is 116 cm³/mol. The summed E-state index contributed by atoms with van der Waals surface area (Å²) in [5.74, 6) is 0.595. The average Bonchev–Trinajstić information content (AvgIpc) is 2.64. The third-order valence-corrected chi connectivity index (χ3v) is 5.21. The highest BCUT2D eigenvalue weighted by Crippen LogP contribution is 2.21. The van der Waals surface area contributed by atoms with Crippen molar-refractivity contribution in [2.24, 2.45) is 10.7 Å². The minimum atomic E-state index is 0. The molecule has 1 aliphatic carbocycles. The molecule has 0 spiro atoms. The van der Waals surface area contributed by atoms with Crippen molar-refractivity contribution < 1.29 is 4.74 Å². The van der Waals surface area contributed by atoms with Crippen LogP contribution in [-0.2, 0) is 4.74 Å². The lowest BCUT2D eigenvalue weighted by molar-refractivity contribution is 0.0376. The van der Waals surface area contributed by atoms with Crippen molar-refractivity contribution in [2.75, 3.05) is 59.5 Å². The van der Waals surface area contributed by atoms with Gasteiger partial charge in [-0.3, -0.25) is 9.89 Å². The van der Waals surface area contributed by atoms with Crippen LogP contribution in [0.2, 0.25) is 0 Å². The predicted octanol–water partition coefficient (Wildman–Crippen LogP) is 1.89. The number of hydrogen-bond acceptors (Lipinski definition) is 4. The average molecular weight is 467 g/mol. The second-order valence-corrected chi connectivity index (χ2v) is 7.13. The lowest BCUT2D eigenvalue weighted by atomic mass is 9.94. The van der Waals surface area contributed by atoms with Gasteiger partial charge in [0, 0.05) is 32.2 Å². The molecule has 0 atom stereocenters. The van der Waals surface area contributed by atoms with E-state index in [1.54, 1.807) is 0 Å². The van der Waals surface area contributed by atoms with Gasteiger partial charge >= 0.3 is 0 Å². The fraction of sp³-hybridized carbons (Fsp3) is 0.944. The molecule has 3 N–H and O–H groups in total. The monoisotopic (exact) mass is 467 g/mol. The summed E-state index contributed by atoms with van der Waals surface area (Å²) in [5, 5.41) is 3.23. The van der Waals surface area contributed by atoms with Crippen molar-refractivity contribution in [3.05, 3.63) is 0 Å². The van der Waals surface area contributed by atoms with Gasteiger partial charge in [-0.05, 0) is 45.8 Å². The number of halogens is 1. The van der Waals surface area contributed by atoms with Crippen LogP contribution < -0.4 is 11.1 Å². The highest BCUT2D eigenvalue weighted by atomic mass is 127. The Morgan fingerprint density at radius 3 is 2.64 bits per heavy atom. The van der Waals surface area contributed by atoms with Gasteiger partial charge in [0.1, 0.15) is 0 Å². The number of nitrogens with zero attached hydrogens (tertiary/aromatic N) is 3. The Morgan fingerprint density at radius 2 is 1.92 bits per heavy atom. The number of nitrogens with two attached hydrogens (primary N) is 1. The summed E-state index contributed by atoms with van der Waals surface area (Å²) in [7, 11) is 2.26. The molecule has 6 nitrogen and oxygen atoms in total. The Kier molecular flexibility index (Phi) is 12.8. The first-order chi connectivity index (χ1) is 11.8. The molecule has 148 valence electrons. The van der Waals surface area contributed by atoms with Crippen LogP contribution in [0.1, 0.15) is 44.9 Å². The molecule has 0 aromatic heterocycles. The first kappa shape index (κ1) is 22.9. The topological polar surface area (TPSA) is 66.1 Å². The highest BCUT2D eigenvalue weighted by molar-refractivity contribution is 14.0. The number of rotatable bonds is 9. The highest BCUT2D eigenvalue weighted by Gasteiger charge is 2.17. The molecule has 0 amide bonds. The van der Waals surface area contributed by atoms with E-state index in [1.165, 1.54) is 32.1 Å². The van der Waals surface area contributed by atoms with E-state index in [-0.39, 0.29) is 24.0 Å². The lowest BCUT2D eigenvalue weighted by Gasteiger charge is -2.31. The van der Waals surface area contributed by atoms with Gasteiger partial charge in [-0.2, -0.15) is 0 Å². The van der Waals surface area contributed by atoms with Crippen molar-refractivity contribution in [1.29, 1.82) is 0 Å². The van der Waals surface area contributed by atoms with E-state index in [2.05, 4.69) is 27.2 Å². The third kappa shape index (κ3) is 9.96. The molecule has 25 heavy (non-hydrogen) atoms. The van der Waals surface area contributed by atoms with Gasteiger partial charge in [-0.15, -0.1) is 24.0 Å². The second-order valence-electron chi connectivity index (χ2n) is 7.13. The molecule has 1 saturated heterocycles. The lowest BCUT2D eigenvalue weighted by Crippen LogP contribution is -2.39. The van der Waals surface area contributed by atoms with E-state index in [1.807, 2.05) is 0 Å². The van der Waals surface area contributed by atoms with Crippen LogP contribution in [0.3, 0.4) is 0 Å². The molecule has 0 radical (unpaired) electrons. The van der Waals surface area contributed by atoms with Gasteiger partial charge in [-0.25, -0.2) is 0 Å². The van der Waals surface area contributed by atoms with Crippen LogP contribution in [0.25, 0.3) is 0 Å². The Bertz CT molecular complexity index is 357. The smallest absolute Gasteiger partial charge is 0.188 e. The van der Waals surface area contributed by atoms with Crippen molar-refractivity contribution in [3.8, 4) is 0 Å². The van der Waals surface area contributed by atoms with Crippen molar-refractivity contribution in [1.82, 2.24) is 15.1 Å². The van der Waals surface area contributed by atoms with E-state index in [0.29, 0.717) is 5.96 Å². The maximum Gasteiger partial charge on any atom is 0.188 e. The molecule has 2 rings (SSSR count). The van der Waals surface area contributed by atoms with Crippen molar-refractivity contribution in [3.63, 3.8) is 0 Å². The Hall–Kier alpha value is -0.120. The number of nitrogens with one attached hydrogen (secondary N) is 1. The molecule has 2 fully saturated rings. The van der Waals surface area contributed by atoms with Gasteiger partial charge in [0.2, 0.25) is 0 Å². The maximum absolute atomic E-state index is 5.94. The molecule has 0 aromatic carbocycles. The van der Waals surface area contributed by atoms with Gasteiger partial charge in [0.25, 0.3) is 0 Å². The Morgan fingerprint density at radius 1 is 1.20 bits per heavy atom. The standard InChI is InChI=1S/C18H37N5O.HI/c1-22(17-7-3-2-4-8-17)11-5-9-20-18(19)21-10-6-12-23-13-15-24-16-14-23;/h17H,2-16H2,1H3,(H3,19,20,21);1H. The summed E-state index contributed by atoms with van der Waals surface area (Å²) >= 11 is 0. The summed E-state index contributed by atoms with van der Waals surface area (Å²) in [6.45, 7) is 7.79. The van der Waals surface area contributed by atoms with Crippen LogP contribution in [0.5, 0.6) is 0 Å². The van der Waals surface area contributed by atoms with E-state index < -0.39 is 0 Å². The van der Waals surface area contributed by atoms with E-state index in [9.17, 15) is 0 Å². The fourth-order valence-electron chi connectivity index (χ4n) is 3.62. The van der Waals surface area contributed by atoms with Gasteiger partial charge in [-0.1, -0.05) is 19.3 Å². The Balaban J connectivity index is 0.00000312. The second kappa shape index (κ2) is 14.0. The van der Waals surface area contributed by atoms with Crippen LogP contribution >= 0.6 is 24.0 Å². The molecule has 2 aliphatic rings. The van der Waals surface area contributed by atoms with Crippen molar-refractivity contribution in [2.45, 2.75) is 51.0 Å². The third-order valence-electron chi connectivity index (χ3n) is 5.21. The van der Waals surface area contributed by atoms with Gasteiger partial charge in [0.15, 0.2) is 5.96 Å². The quantitative estimate of drug-likeness (QED) is 0.235. The summed E-state index contributed by atoms with van der Waals surface area (Å²) in [4.78, 5) is 9.41. The summed E-state index contributed by atoms with van der Waals surface area (Å²) in [6, 6.07) is 0.790. The Labute approximate surface area is 170 Å². The molecule has 1 heterocycles. The number of aliphatic imine (C=N–C) groups is 1. The minimum Gasteiger partial charge on any atom is -0.379 e. The molecule has 0 unspecified atom stereocenters. The minimum absolute atomic E-state index is 0. The zero-order valence-electron chi connectivity index (χ0n) is 15.9. The van der Waals surface area contributed by atoms with E-state index >= 15 is 0 Å². The fourth-order valence-corrected chi connectivity index (χ4v) is 3.62. The van der Waals surface area contributed by atoms with E-state index in [4.69, 9.17) is 10.5 Å². The van der Waals surface area contributed by atoms with Crippen LogP contribution in [0.4, 0.5) is 0 Å². The summed E-state index contributed by atoms with van der Waals surface area (Å²) in [5.41, 5.74) is 5.94. The van der Waals surface area contributed by atoms with E-state index in [0.717, 1.165) is 71.4 Å². The number of morpholine rings is 1. The van der Waals surface area contributed by atoms with Gasteiger partial charge < -0.3 is 20.7 Å². The normalized spacial score (nSPS) is 20.5.